The van der Waals surface area contributed by atoms with Gasteiger partial charge in [-0.05, 0) is 55.3 Å². The first-order valence-electron chi connectivity index (χ1n) is 13.9. The van der Waals surface area contributed by atoms with Gasteiger partial charge in [-0.1, -0.05) is 53.8 Å². The molecule has 0 saturated carbocycles. The van der Waals surface area contributed by atoms with E-state index < -0.39 is 16.9 Å². The summed E-state index contributed by atoms with van der Waals surface area (Å²) in [6, 6.07) is 22.9. The van der Waals surface area contributed by atoms with Gasteiger partial charge in [0.15, 0.2) is 4.80 Å². The van der Waals surface area contributed by atoms with Crippen molar-refractivity contribution in [2.24, 2.45) is 4.99 Å². The van der Waals surface area contributed by atoms with Crippen molar-refractivity contribution >= 4 is 40.0 Å². The van der Waals surface area contributed by atoms with Gasteiger partial charge < -0.3 is 14.0 Å². The van der Waals surface area contributed by atoms with Gasteiger partial charge >= 0.3 is 5.97 Å². The van der Waals surface area contributed by atoms with Crippen LogP contribution in [-0.4, -0.2) is 33.7 Å². The molecule has 1 aliphatic heterocycles. The van der Waals surface area contributed by atoms with Crippen molar-refractivity contribution in [2.45, 2.75) is 26.4 Å². The molecule has 6 rings (SSSR count). The smallest absolute Gasteiger partial charge is 0.338 e. The minimum absolute atomic E-state index is 0.0244. The second-order valence-electron chi connectivity index (χ2n) is 10.2. The zero-order chi connectivity index (χ0) is 31.0. The monoisotopic (exact) mass is 608 g/mol. The van der Waals surface area contributed by atoms with E-state index in [4.69, 9.17) is 9.47 Å². The lowest BCUT2D eigenvalue weighted by Gasteiger charge is -2.24. The summed E-state index contributed by atoms with van der Waals surface area (Å²) in [4.78, 5) is 43.2. The van der Waals surface area contributed by atoms with Crippen molar-refractivity contribution in [3.05, 3.63) is 137 Å². The molecule has 1 atom stereocenters. The SMILES string of the molecule is CCOC(=O)C1=C(C)N=c2sc(=Cc3cc4ccccc4n3Cc3ccc([N+](=O)[O-])cc3)c(=O)n2[C@H]1c1ccc(OC)cc1. The Balaban J connectivity index is 1.51. The molecule has 0 spiro atoms. The second kappa shape index (κ2) is 11.8. The highest BCUT2D eigenvalue weighted by molar-refractivity contribution is 7.07. The van der Waals surface area contributed by atoms with Crippen LogP contribution in [0.2, 0.25) is 0 Å². The van der Waals surface area contributed by atoms with Crippen LogP contribution in [0.4, 0.5) is 5.69 Å². The highest BCUT2D eigenvalue weighted by Gasteiger charge is 2.33. The number of nitro benzene ring substituents is 1. The summed E-state index contributed by atoms with van der Waals surface area (Å²) in [6.45, 7) is 4.12. The standard InChI is InChI=1S/C33H28N4O6S/c1-4-43-32(39)29-20(2)34-33-36(30(29)22-11-15-26(42-3)16-12-22)31(38)28(44-33)18-25-17-23-7-5-6-8-27(23)35(25)19-21-9-13-24(14-10-21)37(40)41/h5-18,30H,4,19H2,1-3H3/t30-/m0/s1. The van der Waals surface area contributed by atoms with E-state index in [0.29, 0.717) is 32.9 Å². The molecule has 0 amide bonds. The number of allylic oxidation sites excluding steroid dienone is 1. The van der Waals surface area contributed by atoms with E-state index >= 15 is 0 Å². The van der Waals surface area contributed by atoms with Crippen molar-refractivity contribution < 1.29 is 19.2 Å². The summed E-state index contributed by atoms with van der Waals surface area (Å²) < 4.78 is 14.8. The molecule has 10 nitrogen and oxygen atoms in total. The Labute approximate surface area is 255 Å². The first-order valence-corrected chi connectivity index (χ1v) is 14.8. The van der Waals surface area contributed by atoms with Crippen LogP contribution in [0.25, 0.3) is 17.0 Å². The predicted octanol–water partition coefficient (Wildman–Crippen LogP) is 4.72. The minimum atomic E-state index is -0.732. The van der Waals surface area contributed by atoms with Crippen molar-refractivity contribution in [1.29, 1.82) is 0 Å². The Morgan fingerprint density at radius 1 is 1.09 bits per heavy atom. The molecule has 0 aliphatic carbocycles. The first kappa shape index (κ1) is 28.8. The van der Waals surface area contributed by atoms with Crippen LogP contribution >= 0.6 is 11.3 Å². The van der Waals surface area contributed by atoms with Gasteiger partial charge in [-0.25, -0.2) is 9.79 Å². The number of ether oxygens (including phenoxy) is 2. The maximum Gasteiger partial charge on any atom is 0.338 e. The van der Waals surface area contributed by atoms with Crippen molar-refractivity contribution in [3.63, 3.8) is 0 Å². The summed E-state index contributed by atoms with van der Waals surface area (Å²) in [5.74, 6) is 0.132. The molecule has 44 heavy (non-hydrogen) atoms. The number of aromatic nitrogens is 2. The molecule has 1 aliphatic rings. The summed E-state index contributed by atoms with van der Waals surface area (Å²) in [5.41, 5.74) is 3.89. The number of nitrogens with zero attached hydrogens (tertiary/aromatic N) is 4. The predicted molar refractivity (Wildman–Crippen MR) is 168 cm³/mol. The molecular weight excluding hydrogens is 580 g/mol. The van der Waals surface area contributed by atoms with Crippen molar-refractivity contribution in [2.75, 3.05) is 13.7 Å². The molecule has 3 heterocycles. The molecular formula is C33H28N4O6S. The Morgan fingerprint density at radius 2 is 1.82 bits per heavy atom. The molecule has 0 saturated heterocycles. The van der Waals surface area contributed by atoms with E-state index in [1.54, 1.807) is 49.8 Å². The quantitative estimate of drug-likeness (QED) is 0.143. The Kier molecular flexibility index (Phi) is 7.71. The third kappa shape index (κ3) is 5.22. The maximum absolute atomic E-state index is 14.2. The Morgan fingerprint density at radius 3 is 2.50 bits per heavy atom. The number of hydrogen-bond acceptors (Lipinski definition) is 8. The number of carbonyl (C=O) groups excluding carboxylic acids is 1. The lowest BCUT2D eigenvalue weighted by Crippen LogP contribution is -2.40. The molecule has 5 aromatic rings. The number of rotatable bonds is 8. The van der Waals surface area contributed by atoms with Gasteiger partial charge in [0.25, 0.3) is 11.2 Å². The summed E-state index contributed by atoms with van der Waals surface area (Å²) >= 11 is 1.25. The van der Waals surface area contributed by atoms with E-state index in [1.165, 1.54) is 23.5 Å². The summed E-state index contributed by atoms with van der Waals surface area (Å²) in [7, 11) is 1.58. The van der Waals surface area contributed by atoms with Crippen LogP contribution in [0.5, 0.6) is 5.75 Å². The molecule has 0 bridgehead atoms. The fourth-order valence-corrected chi connectivity index (χ4v) is 6.49. The van der Waals surface area contributed by atoms with Crippen LogP contribution in [-0.2, 0) is 16.1 Å². The van der Waals surface area contributed by atoms with Gasteiger partial charge in [0, 0.05) is 35.3 Å². The molecule has 222 valence electrons. The van der Waals surface area contributed by atoms with Crippen LogP contribution in [0.3, 0.4) is 0 Å². The number of carbonyl (C=O) groups is 1. The van der Waals surface area contributed by atoms with Crippen LogP contribution < -0.4 is 19.6 Å². The average Bonchev–Trinajstić information content (AvgIpc) is 3.52. The van der Waals surface area contributed by atoms with Gasteiger partial charge in [0.1, 0.15) is 5.75 Å². The number of fused-ring (bicyclic) bond motifs is 2. The van der Waals surface area contributed by atoms with Crippen LogP contribution in [0, 0.1) is 10.1 Å². The van der Waals surface area contributed by atoms with E-state index in [-0.39, 0.29) is 17.9 Å². The van der Waals surface area contributed by atoms with Gasteiger partial charge in [0.2, 0.25) is 0 Å². The fraction of sp³-hybridized carbons (Fsp3) is 0.182. The fourth-order valence-electron chi connectivity index (χ4n) is 5.46. The van der Waals surface area contributed by atoms with Gasteiger partial charge in [-0.15, -0.1) is 0 Å². The Hall–Kier alpha value is -5.29. The number of esters is 1. The highest BCUT2D eigenvalue weighted by atomic mass is 32.1. The third-order valence-corrected chi connectivity index (χ3v) is 8.54. The Bertz CT molecular complexity index is 2120. The number of hydrogen-bond donors (Lipinski definition) is 0. The van der Waals surface area contributed by atoms with Crippen molar-refractivity contribution in [3.8, 4) is 5.75 Å². The molecule has 3 aromatic carbocycles. The number of benzene rings is 3. The van der Waals surface area contributed by atoms with Crippen LogP contribution in [0.1, 0.15) is 36.7 Å². The lowest BCUT2D eigenvalue weighted by molar-refractivity contribution is -0.384. The van der Waals surface area contributed by atoms with Gasteiger partial charge in [-0.3, -0.25) is 19.5 Å². The highest BCUT2D eigenvalue weighted by Crippen LogP contribution is 2.32. The maximum atomic E-state index is 14.2. The third-order valence-electron chi connectivity index (χ3n) is 7.56. The number of nitro groups is 1. The second-order valence-corrected chi connectivity index (χ2v) is 11.2. The molecule has 2 aromatic heterocycles. The molecule has 0 radical (unpaired) electrons. The first-order chi connectivity index (χ1) is 21.3. The minimum Gasteiger partial charge on any atom is -0.497 e. The topological polar surface area (TPSA) is 118 Å². The summed E-state index contributed by atoms with van der Waals surface area (Å²) in [5, 5.41) is 12.1. The number of thiazole rings is 1. The van der Waals surface area contributed by atoms with Crippen LogP contribution in [0.15, 0.2) is 99.9 Å². The summed E-state index contributed by atoms with van der Waals surface area (Å²) in [6.07, 6.45) is 1.84. The molecule has 0 N–H and O–H groups in total. The van der Waals surface area contributed by atoms with E-state index in [2.05, 4.69) is 9.56 Å². The largest absolute Gasteiger partial charge is 0.497 e. The van der Waals surface area contributed by atoms with Gasteiger partial charge in [-0.2, -0.15) is 0 Å². The average molecular weight is 609 g/mol. The van der Waals surface area contributed by atoms with Crippen molar-refractivity contribution in [1.82, 2.24) is 9.13 Å². The van der Waals surface area contributed by atoms with E-state index in [9.17, 15) is 19.7 Å². The van der Waals surface area contributed by atoms with Gasteiger partial charge in [0.05, 0.1) is 40.5 Å². The zero-order valence-electron chi connectivity index (χ0n) is 24.2. The molecule has 0 fully saturated rings. The molecule has 0 unspecified atom stereocenters. The normalized spacial score (nSPS) is 14.8. The van der Waals surface area contributed by atoms with E-state index in [1.807, 2.05) is 48.5 Å². The number of methoxy groups -OCH3 is 1. The molecule has 11 heteroatoms. The zero-order valence-corrected chi connectivity index (χ0v) is 25.0. The van der Waals surface area contributed by atoms with E-state index in [0.717, 1.165) is 27.7 Å². The number of para-hydroxylation sites is 1. The lowest BCUT2D eigenvalue weighted by atomic mass is 9.96. The number of non-ortho nitro benzene ring substituents is 1.